The van der Waals surface area contributed by atoms with Crippen molar-refractivity contribution < 1.29 is 13.3 Å². The molecule has 1 aromatic rings. The first-order valence-electron chi connectivity index (χ1n) is 6.56. The monoisotopic (exact) mass is 322 g/mol. The lowest BCUT2D eigenvalue weighted by Gasteiger charge is -2.07. The van der Waals surface area contributed by atoms with Gasteiger partial charge in [-0.3, -0.25) is 4.18 Å². The van der Waals surface area contributed by atoms with E-state index in [2.05, 4.69) is 4.98 Å². The molecular weight excluding hydrogens is 308 g/mol. The second kappa shape index (κ2) is 4.89. The first kappa shape index (κ1) is 14.7. The minimum absolute atomic E-state index is 0.0705. The average Bonchev–Trinajstić information content (AvgIpc) is 2.85. The lowest BCUT2D eigenvalue weighted by Crippen LogP contribution is -2.13. The molecule has 1 unspecified atom stereocenters. The molecule has 2 aliphatic rings. The van der Waals surface area contributed by atoms with Gasteiger partial charge in [-0.2, -0.15) is 0 Å². The summed E-state index contributed by atoms with van der Waals surface area (Å²) in [5, 5.41) is 10.9. The highest BCUT2D eigenvalue weighted by Gasteiger charge is 2.26. The van der Waals surface area contributed by atoms with Crippen LogP contribution in [0.4, 0.5) is 5.82 Å². The van der Waals surface area contributed by atoms with Crippen molar-refractivity contribution >= 4 is 15.8 Å². The van der Waals surface area contributed by atoms with E-state index in [0.29, 0.717) is 10.7 Å². The van der Waals surface area contributed by atoms with E-state index in [0.717, 1.165) is 16.7 Å². The van der Waals surface area contributed by atoms with Crippen molar-refractivity contribution in [1.82, 2.24) is 9.55 Å². The van der Waals surface area contributed by atoms with Crippen molar-refractivity contribution in [3.8, 4) is 11.1 Å². The Morgan fingerprint density at radius 3 is 2.64 bits per heavy atom. The number of hydrogen-bond donors (Lipinski definition) is 1. The minimum Gasteiger partial charge on any atom is -0.358 e. The van der Waals surface area contributed by atoms with Gasteiger partial charge in [0.1, 0.15) is 19.3 Å². The lowest BCUT2D eigenvalue weighted by atomic mass is 10.5. The molecule has 0 aromatic carbocycles. The fourth-order valence-corrected chi connectivity index (χ4v) is 3.36. The average molecular weight is 322 g/mol. The molecule has 1 N–H and O–H groups in total. The normalized spacial score (nSPS) is 14.6. The Balaban J connectivity index is 1.68. The largest absolute Gasteiger partial charge is 0.358 e. The van der Waals surface area contributed by atoms with Gasteiger partial charge in [0.05, 0.1) is 4.90 Å². The Hall–Kier alpha value is -2.26. The Morgan fingerprint density at radius 1 is 1.41 bits per heavy atom. The summed E-state index contributed by atoms with van der Waals surface area (Å²) in [4.78, 5) is 14.5. The first-order chi connectivity index (χ1) is 10.3. The van der Waals surface area contributed by atoms with Gasteiger partial charge in [0.2, 0.25) is 0 Å². The highest BCUT2D eigenvalue weighted by molar-refractivity contribution is 7.87. The van der Waals surface area contributed by atoms with Gasteiger partial charge in [0, 0.05) is 6.92 Å². The Labute approximate surface area is 127 Å². The highest BCUT2D eigenvalue weighted by atomic mass is 32.2. The summed E-state index contributed by atoms with van der Waals surface area (Å²) in [7, 11) is -3.34. The molecule has 0 saturated heterocycles. The van der Waals surface area contributed by atoms with Crippen molar-refractivity contribution in [3.05, 3.63) is 39.8 Å². The summed E-state index contributed by atoms with van der Waals surface area (Å²) in [5.41, 5.74) is 3.21. The van der Waals surface area contributed by atoms with E-state index in [9.17, 15) is 14.3 Å². The Morgan fingerprint density at radius 2 is 2.05 bits per heavy atom. The van der Waals surface area contributed by atoms with Crippen molar-refractivity contribution in [2.45, 2.75) is 25.3 Å². The second-order valence-corrected chi connectivity index (χ2v) is 6.76. The highest BCUT2D eigenvalue weighted by Crippen LogP contribution is 2.45. The second-order valence-electron chi connectivity index (χ2n) is 5.04. The molecule has 22 heavy (non-hydrogen) atoms. The molecule has 0 amide bonds. The number of aryl methyl sites for hydroxylation is 2. The molecule has 0 bridgehead atoms. The number of nitrogens with one attached hydrogen (secondary N) is 1. The van der Waals surface area contributed by atoms with E-state index in [4.69, 9.17) is 8.96 Å². The lowest BCUT2D eigenvalue weighted by molar-refractivity contribution is -0.392. The summed E-state index contributed by atoms with van der Waals surface area (Å²) in [6.07, 6.45) is 1.17. The zero-order chi connectivity index (χ0) is 16.1. The van der Waals surface area contributed by atoms with Gasteiger partial charge in [-0.15, -0.1) is 0 Å². The summed E-state index contributed by atoms with van der Waals surface area (Å²) in [6.45, 7) is 3.64. The molecule has 2 aliphatic carbocycles. The van der Waals surface area contributed by atoms with Crippen LogP contribution in [0, 0.1) is 28.7 Å². The molecule has 0 fully saturated rings. The van der Waals surface area contributed by atoms with Gasteiger partial charge in [0.15, 0.2) is 15.8 Å². The van der Waals surface area contributed by atoms with Crippen LogP contribution >= 0.6 is 0 Å². The standard InChI is InChI=1S/C13H14N4O4S/c1-8-11-5-10(6-12(8)11)22(14,20)21-4-3-16-9(2)15-7-13(16)17(18)19/h5-7,14H,3-4H2,1-2H3. The number of aromatic nitrogens is 2. The van der Waals surface area contributed by atoms with Crippen LogP contribution in [0.25, 0.3) is 11.1 Å². The van der Waals surface area contributed by atoms with Crippen LogP contribution in [0.15, 0.2) is 23.2 Å². The van der Waals surface area contributed by atoms with Crippen molar-refractivity contribution in [2.75, 3.05) is 6.61 Å². The summed E-state index contributed by atoms with van der Waals surface area (Å²) >= 11 is 0. The molecule has 3 rings (SSSR count). The molecule has 0 radical (unpaired) electrons. The maximum absolute atomic E-state index is 12.2. The molecule has 0 saturated carbocycles. The van der Waals surface area contributed by atoms with Crippen LogP contribution in [0.1, 0.15) is 11.4 Å². The van der Waals surface area contributed by atoms with Crippen LogP contribution < -0.4 is 0 Å². The Kier molecular flexibility index (Phi) is 3.26. The number of nitrogens with zero attached hydrogens (tertiary/aromatic N) is 3. The fourth-order valence-electron chi connectivity index (χ4n) is 2.37. The van der Waals surface area contributed by atoms with Gasteiger partial charge in [-0.25, -0.2) is 18.5 Å². The molecule has 9 heteroatoms. The van der Waals surface area contributed by atoms with Crippen molar-refractivity contribution in [3.63, 3.8) is 0 Å². The molecule has 0 aliphatic heterocycles. The quantitative estimate of drug-likeness (QED) is 0.553. The fraction of sp³-hybridized carbons (Fsp3) is 0.308. The number of hydrogen-bond acceptors (Lipinski definition) is 6. The first-order valence-corrected chi connectivity index (χ1v) is 8.04. The van der Waals surface area contributed by atoms with E-state index < -0.39 is 14.9 Å². The molecule has 1 heterocycles. The number of nitro groups is 1. The number of rotatable bonds is 6. The molecule has 1 atom stereocenters. The summed E-state index contributed by atoms with van der Waals surface area (Å²) in [6, 6.07) is 3.40. The topological polar surface area (TPSA) is 111 Å². The van der Waals surface area contributed by atoms with Crippen molar-refractivity contribution in [1.29, 1.82) is 4.78 Å². The van der Waals surface area contributed by atoms with Gasteiger partial charge in [0.25, 0.3) is 0 Å². The van der Waals surface area contributed by atoms with Gasteiger partial charge < -0.3 is 10.1 Å². The minimum atomic E-state index is -3.34. The van der Waals surface area contributed by atoms with E-state index in [1.165, 1.54) is 10.8 Å². The smallest absolute Gasteiger partial charge is 0.342 e. The van der Waals surface area contributed by atoms with Crippen LogP contribution in [-0.2, 0) is 20.7 Å². The van der Waals surface area contributed by atoms with Gasteiger partial charge in [-0.1, -0.05) is 0 Å². The summed E-state index contributed by atoms with van der Waals surface area (Å²) < 4.78 is 26.6. The van der Waals surface area contributed by atoms with E-state index in [1.807, 2.05) is 6.92 Å². The van der Waals surface area contributed by atoms with Gasteiger partial charge in [-0.05, 0) is 40.7 Å². The zero-order valence-electron chi connectivity index (χ0n) is 12.0. The zero-order valence-corrected chi connectivity index (χ0v) is 12.8. The summed E-state index contributed by atoms with van der Waals surface area (Å²) in [5.74, 6) is 0.317. The van der Waals surface area contributed by atoms with E-state index >= 15 is 0 Å². The SMILES string of the molecule is Cc1c2cc(S(=N)(=O)OCCn3c([N+](=O)[O-])cnc3C)cc1-2. The number of fused-ring (bicyclic) bond motifs is 1. The maximum Gasteiger partial charge on any atom is 0.342 e. The van der Waals surface area contributed by atoms with Crippen molar-refractivity contribution in [2.24, 2.45) is 0 Å². The molecule has 116 valence electrons. The van der Waals surface area contributed by atoms with E-state index in [-0.39, 0.29) is 19.0 Å². The van der Waals surface area contributed by atoms with Crippen LogP contribution in [0.2, 0.25) is 0 Å². The number of benzene rings is 1. The third kappa shape index (κ3) is 2.38. The van der Waals surface area contributed by atoms with Crippen LogP contribution in [0.3, 0.4) is 0 Å². The van der Waals surface area contributed by atoms with Gasteiger partial charge >= 0.3 is 5.82 Å². The molecule has 0 spiro atoms. The third-order valence-electron chi connectivity index (χ3n) is 3.70. The maximum atomic E-state index is 12.2. The Bertz CT molecular complexity index is 862. The molecule has 1 aromatic heterocycles. The predicted octanol–water partition coefficient (Wildman–Crippen LogP) is 2.43. The third-order valence-corrected chi connectivity index (χ3v) is 5.06. The molecule has 8 nitrogen and oxygen atoms in total. The van der Waals surface area contributed by atoms with Crippen LogP contribution in [0.5, 0.6) is 0 Å². The van der Waals surface area contributed by atoms with E-state index in [1.54, 1.807) is 19.1 Å². The predicted molar refractivity (Wildman–Crippen MR) is 78.9 cm³/mol. The molecular formula is C13H14N4O4S. The number of imidazole rings is 1. The van der Waals surface area contributed by atoms with Crippen LogP contribution in [-0.4, -0.2) is 25.3 Å².